The number of amides is 1. The van der Waals surface area contributed by atoms with Gasteiger partial charge >= 0.3 is 0 Å². The summed E-state index contributed by atoms with van der Waals surface area (Å²) in [7, 11) is 5.92. The quantitative estimate of drug-likeness (QED) is 0.236. The van der Waals surface area contributed by atoms with E-state index in [1.807, 2.05) is 12.1 Å². The number of methoxy groups -OCH3 is 4. The molecule has 8 nitrogen and oxygen atoms in total. The lowest BCUT2D eigenvalue weighted by Gasteiger charge is -2.20. The van der Waals surface area contributed by atoms with Crippen LogP contribution in [-0.4, -0.2) is 49.0 Å². The summed E-state index contributed by atoms with van der Waals surface area (Å²) in [5, 5.41) is 2.62. The molecule has 0 aliphatic heterocycles. The molecule has 2 aromatic carbocycles. The van der Waals surface area contributed by atoms with E-state index in [1.54, 1.807) is 24.3 Å². The third-order valence-electron chi connectivity index (χ3n) is 4.31. The molecular formula is C21H24ClNO7S. The second-order valence-electron chi connectivity index (χ2n) is 6.12. The summed E-state index contributed by atoms with van der Waals surface area (Å²) >= 11 is 3.42. The summed E-state index contributed by atoms with van der Waals surface area (Å²) < 4.78 is 43.3. The van der Waals surface area contributed by atoms with Crippen LogP contribution in [-0.2, 0) is 31.1 Å². The molecule has 1 atom stereocenters. The number of carbonyl (C=O) groups is 1. The highest BCUT2D eigenvalue weighted by atomic mass is 35.5. The van der Waals surface area contributed by atoms with Gasteiger partial charge in [-0.25, -0.2) is 4.21 Å². The maximum atomic E-state index is 11.8. The molecule has 0 aliphatic rings. The Kier molecular flexibility index (Phi) is 9.17. The highest BCUT2D eigenvalue weighted by molar-refractivity contribution is 7.78. The number of hydrogen-bond donors (Lipinski definition) is 2. The Labute approximate surface area is 188 Å². The first-order valence-corrected chi connectivity index (χ1v) is 10.8. The van der Waals surface area contributed by atoms with E-state index in [1.165, 1.54) is 28.4 Å². The van der Waals surface area contributed by atoms with E-state index < -0.39 is 17.0 Å². The lowest BCUT2D eigenvalue weighted by Crippen LogP contribution is -2.14. The molecule has 0 saturated carbocycles. The van der Waals surface area contributed by atoms with Gasteiger partial charge in [-0.05, 0) is 29.8 Å². The smallest absolute Gasteiger partial charge is 0.239 e. The Morgan fingerprint density at radius 3 is 2.16 bits per heavy atom. The van der Waals surface area contributed by atoms with Gasteiger partial charge in [0.1, 0.15) is 17.4 Å². The van der Waals surface area contributed by atoms with Crippen LogP contribution in [0.5, 0.6) is 11.5 Å². The minimum atomic E-state index is -2.17. The first-order valence-electron chi connectivity index (χ1n) is 9.00. The summed E-state index contributed by atoms with van der Waals surface area (Å²) in [6, 6.07) is 10.4. The van der Waals surface area contributed by atoms with Crippen LogP contribution in [0.1, 0.15) is 16.7 Å². The number of carbonyl (C=O) groups excluding carboxylic acids is 1. The molecule has 0 spiro atoms. The highest BCUT2D eigenvalue weighted by Crippen LogP contribution is 2.38. The fourth-order valence-corrected chi connectivity index (χ4v) is 3.59. The standard InChI is InChI=1S/C21H24ClNO7S/c1-27-17-8-6-5-7-14(17)20(29-3)21(30-4)15-10-18(28-2)16(23-19(24)11-22)9-13(15)12-31(25)26/h5-10H,11-12H2,1-4H3,(H,23,24)(H,25,26). The first-order chi connectivity index (χ1) is 14.9. The van der Waals surface area contributed by atoms with Gasteiger partial charge in [0.05, 0.1) is 45.4 Å². The minimum Gasteiger partial charge on any atom is -0.496 e. The maximum Gasteiger partial charge on any atom is 0.239 e. The second kappa shape index (κ2) is 11.6. The maximum absolute atomic E-state index is 11.8. The van der Waals surface area contributed by atoms with Crippen LogP contribution in [0.25, 0.3) is 11.5 Å². The molecule has 168 valence electrons. The molecule has 31 heavy (non-hydrogen) atoms. The lowest BCUT2D eigenvalue weighted by atomic mass is 10.0. The Bertz CT molecular complexity index is 994. The van der Waals surface area contributed by atoms with E-state index in [-0.39, 0.29) is 11.6 Å². The summed E-state index contributed by atoms with van der Waals surface area (Å²) in [5.74, 6) is 0.587. The Morgan fingerprint density at radius 2 is 1.61 bits per heavy atom. The predicted octanol–water partition coefficient (Wildman–Crippen LogP) is 3.72. The predicted molar refractivity (Wildman–Crippen MR) is 121 cm³/mol. The van der Waals surface area contributed by atoms with Gasteiger partial charge in [-0.1, -0.05) is 12.1 Å². The number of benzene rings is 2. The van der Waals surface area contributed by atoms with Crippen molar-refractivity contribution in [1.82, 2.24) is 0 Å². The average Bonchev–Trinajstić information content (AvgIpc) is 2.77. The molecule has 10 heteroatoms. The molecule has 0 aliphatic carbocycles. The third kappa shape index (κ3) is 5.90. The van der Waals surface area contributed by atoms with Crippen molar-refractivity contribution in [3.05, 3.63) is 53.1 Å². The molecule has 2 rings (SSSR count). The zero-order valence-corrected chi connectivity index (χ0v) is 19.1. The van der Waals surface area contributed by atoms with Crippen LogP contribution in [0.2, 0.25) is 0 Å². The van der Waals surface area contributed by atoms with Crippen LogP contribution in [0.15, 0.2) is 36.4 Å². The van der Waals surface area contributed by atoms with Crippen LogP contribution in [0.3, 0.4) is 0 Å². The Balaban J connectivity index is 2.80. The molecule has 0 saturated heterocycles. The SMILES string of the molecule is COC(=C(OC)c1ccccc1OC)c1cc(OC)c(NC(=O)CCl)cc1CS(=O)O. The lowest BCUT2D eigenvalue weighted by molar-refractivity contribution is -0.113. The van der Waals surface area contributed by atoms with Gasteiger partial charge in [0.15, 0.2) is 22.6 Å². The van der Waals surface area contributed by atoms with Gasteiger partial charge in [0, 0.05) is 5.56 Å². The van der Waals surface area contributed by atoms with Gasteiger partial charge in [-0.3, -0.25) is 4.79 Å². The van der Waals surface area contributed by atoms with Crippen molar-refractivity contribution in [2.45, 2.75) is 5.75 Å². The number of anilines is 1. The zero-order chi connectivity index (χ0) is 23.0. The molecule has 0 fully saturated rings. The molecule has 0 radical (unpaired) electrons. The van der Waals surface area contributed by atoms with Gasteiger partial charge < -0.3 is 28.8 Å². The number of ether oxygens (including phenoxy) is 4. The van der Waals surface area contributed by atoms with Crippen molar-refractivity contribution < 1.29 is 32.5 Å². The number of alkyl halides is 1. The van der Waals surface area contributed by atoms with Gasteiger partial charge in [-0.2, -0.15) is 0 Å². The number of nitrogens with one attached hydrogen (secondary N) is 1. The average molecular weight is 470 g/mol. The third-order valence-corrected chi connectivity index (χ3v) is 5.11. The van der Waals surface area contributed by atoms with E-state index in [0.29, 0.717) is 45.4 Å². The fourth-order valence-electron chi connectivity index (χ4n) is 3.02. The van der Waals surface area contributed by atoms with Crippen LogP contribution in [0, 0.1) is 0 Å². The van der Waals surface area contributed by atoms with Gasteiger partial charge in [-0.15, -0.1) is 11.6 Å². The van der Waals surface area contributed by atoms with Crippen LogP contribution >= 0.6 is 11.6 Å². The number of hydrogen-bond acceptors (Lipinski definition) is 6. The van der Waals surface area contributed by atoms with Crippen molar-refractivity contribution in [3.8, 4) is 11.5 Å². The minimum absolute atomic E-state index is 0.223. The molecular weight excluding hydrogens is 446 g/mol. The van der Waals surface area contributed by atoms with E-state index in [9.17, 15) is 13.6 Å². The fraction of sp³-hybridized carbons (Fsp3) is 0.286. The van der Waals surface area contributed by atoms with Crippen LogP contribution < -0.4 is 14.8 Å². The Hall–Kier alpha value is -2.75. The number of para-hydroxylation sites is 1. The summed E-state index contributed by atoms with van der Waals surface area (Å²) in [6.45, 7) is 0. The number of rotatable bonds is 10. The number of halogens is 1. The van der Waals surface area contributed by atoms with Crippen molar-refractivity contribution in [2.24, 2.45) is 0 Å². The van der Waals surface area contributed by atoms with E-state index >= 15 is 0 Å². The summed E-state index contributed by atoms with van der Waals surface area (Å²) in [6.07, 6.45) is 0. The van der Waals surface area contributed by atoms with Crippen molar-refractivity contribution in [2.75, 3.05) is 39.6 Å². The van der Waals surface area contributed by atoms with E-state index in [0.717, 1.165) is 0 Å². The Morgan fingerprint density at radius 1 is 1.00 bits per heavy atom. The van der Waals surface area contributed by atoms with E-state index in [4.69, 9.17) is 30.5 Å². The highest BCUT2D eigenvalue weighted by Gasteiger charge is 2.23. The monoisotopic (exact) mass is 469 g/mol. The summed E-state index contributed by atoms with van der Waals surface area (Å²) in [4.78, 5) is 11.8. The van der Waals surface area contributed by atoms with Crippen molar-refractivity contribution in [1.29, 1.82) is 0 Å². The summed E-state index contributed by atoms with van der Waals surface area (Å²) in [5.41, 5.74) is 1.81. The largest absolute Gasteiger partial charge is 0.496 e. The molecule has 2 N–H and O–H groups in total. The molecule has 0 aromatic heterocycles. The topological polar surface area (TPSA) is 103 Å². The molecule has 0 heterocycles. The van der Waals surface area contributed by atoms with Crippen LogP contribution in [0.4, 0.5) is 5.69 Å². The normalized spacial score (nSPS) is 12.5. The van der Waals surface area contributed by atoms with Gasteiger partial charge in [0.25, 0.3) is 0 Å². The zero-order valence-electron chi connectivity index (χ0n) is 17.6. The second-order valence-corrected chi connectivity index (χ2v) is 7.32. The molecule has 2 aromatic rings. The van der Waals surface area contributed by atoms with Crippen molar-refractivity contribution in [3.63, 3.8) is 0 Å². The van der Waals surface area contributed by atoms with Crippen molar-refractivity contribution >= 4 is 45.8 Å². The first kappa shape index (κ1) is 24.5. The molecule has 0 bridgehead atoms. The molecule has 1 amide bonds. The van der Waals surface area contributed by atoms with E-state index in [2.05, 4.69) is 5.32 Å². The molecule has 1 unspecified atom stereocenters. The van der Waals surface area contributed by atoms with Gasteiger partial charge in [0.2, 0.25) is 5.91 Å².